The summed E-state index contributed by atoms with van der Waals surface area (Å²) < 4.78 is 0. The number of hydrogen-bond acceptors (Lipinski definition) is 5. The Bertz CT molecular complexity index is 1090. The molecule has 0 saturated heterocycles. The van der Waals surface area contributed by atoms with Crippen molar-refractivity contribution in [3.8, 4) is 6.07 Å². The Morgan fingerprint density at radius 3 is 2.50 bits per heavy atom. The molecule has 2 N–H and O–H groups in total. The molecule has 0 fully saturated rings. The number of hydrogen-bond donors (Lipinski definition) is 2. The van der Waals surface area contributed by atoms with Gasteiger partial charge >= 0.3 is 0 Å². The summed E-state index contributed by atoms with van der Waals surface area (Å²) in [6.07, 6.45) is 1.81. The third-order valence-electron chi connectivity index (χ3n) is 4.22. The SMILES string of the molecule is Cc1ccc2c(Nc3ccc(C#N)cc3)nccc2c1Nc1ccsc1. The fraction of sp³-hybridized carbons (Fsp3) is 0.0476. The Kier molecular flexibility index (Phi) is 4.26. The molecule has 2 aromatic carbocycles. The smallest absolute Gasteiger partial charge is 0.138 e. The number of aryl methyl sites for hydroxylation is 1. The van der Waals surface area contributed by atoms with E-state index in [0.29, 0.717) is 5.56 Å². The van der Waals surface area contributed by atoms with Crippen LogP contribution in [-0.4, -0.2) is 4.98 Å². The van der Waals surface area contributed by atoms with E-state index in [1.165, 1.54) is 5.56 Å². The lowest BCUT2D eigenvalue weighted by Gasteiger charge is -2.15. The Hall–Kier alpha value is -3.36. The van der Waals surface area contributed by atoms with Gasteiger partial charge in [0.05, 0.1) is 11.6 Å². The number of anilines is 4. The zero-order valence-corrected chi connectivity index (χ0v) is 15.0. The van der Waals surface area contributed by atoms with Crippen molar-refractivity contribution in [1.29, 1.82) is 5.26 Å². The number of aromatic nitrogens is 1. The lowest BCUT2D eigenvalue weighted by Crippen LogP contribution is -1.98. The molecular weight excluding hydrogens is 340 g/mol. The van der Waals surface area contributed by atoms with Crippen LogP contribution in [0.15, 0.2) is 65.5 Å². The van der Waals surface area contributed by atoms with Gasteiger partial charge in [-0.1, -0.05) is 12.1 Å². The third kappa shape index (κ3) is 3.10. The molecule has 4 rings (SSSR count). The van der Waals surface area contributed by atoms with Crippen molar-refractivity contribution >= 4 is 45.0 Å². The minimum Gasteiger partial charge on any atom is -0.354 e. The highest BCUT2D eigenvalue weighted by molar-refractivity contribution is 7.08. The van der Waals surface area contributed by atoms with Crippen molar-refractivity contribution < 1.29 is 0 Å². The highest BCUT2D eigenvalue weighted by Gasteiger charge is 2.10. The molecule has 26 heavy (non-hydrogen) atoms. The van der Waals surface area contributed by atoms with E-state index < -0.39 is 0 Å². The van der Waals surface area contributed by atoms with Crippen molar-refractivity contribution in [3.63, 3.8) is 0 Å². The van der Waals surface area contributed by atoms with Crippen LogP contribution < -0.4 is 10.6 Å². The molecule has 0 bridgehead atoms. The second-order valence-electron chi connectivity index (χ2n) is 5.96. The van der Waals surface area contributed by atoms with Crippen molar-refractivity contribution in [2.24, 2.45) is 0 Å². The standard InChI is InChI=1S/C21H16N4S/c1-14-2-7-19-18(20(14)24-17-9-11-26-13-17)8-10-23-21(19)25-16-5-3-15(12-22)4-6-16/h2-11,13,24H,1H3,(H,23,25). The van der Waals surface area contributed by atoms with Crippen LogP contribution in [0.5, 0.6) is 0 Å². The van der Waals surface area contributed by atoms with Crippen molar-refractivity contribution in [1.82, 2.24) is 4.98 Å². The van der Waals surface area contributed by atoms with Gasteiger partial charge in [0.15, 0.2) is 0 Å². The van der Waals surface area contributed by atoms with Crippen molar-refractivity contribution in [3.05, 3.63) is 76.6 Å². The minimum atomic E-state index is 0.638. The lowest BCUT2D eigenvalue weighted by atomic mass is 10.1. The largest absolute Gasteiger partial charge is 0.354 e. The number of nitriles is 1. The lowest BCUT2D eigenvalue weighted by molar-refractivity contribution is 1.33. The first-order valence-corrected chi connectivity index (χ1v) is 9.13. The summed E-state index contributed by atoms with van der Waals surface area (Å²) in [5, 5.41) is 22.1. The first kappa shape index (κ1) is 16.1. The first-order chi connectivity index (χ1) is 12.7. The number of fused-ring (bicyclic) bond motifs is 1. The number of rotatable bonds is 4. The molecule has 2 heterocycles. The summed E-state index contributed by atoms with van der Waals surface area (Å²) in [5.41, 5.74) is 4.89. The number of thiophene rings is 1. The quantitative estimate of drug-likeness (QED) is 0.473. The summed E-state index contributed by atoms with van der Waals surface area (Å²) in [7, 11) is 0. The number of nitrogens with zero attached hydrogens (tertiary/aromatic N) is 2. The van der Waals surface area contributed by atoms with E-state index in [1.807, 2.05) is 24.4 Å². The molecule has 0 amide bonds. The Balaban J connectivity index is 1.75. The predicted octanol–water partition coefficient (Wildman–Crippen LogP) is 5.96. The zero-order valence-electron chi connectivity index (χ0n) is 14.2. The van der Waals surface area contributed by atoms with Crippen LogP contribution in [0.1, 0.15) is 11.1 Å². The molecule has 126 valence electrons. The summed E-state index contributed by atoms with van der Waals surface area (Å²) in [6, 6.07) is 17.8. The fourth-order valence-electron chi connectivity index (χ4n) is 2.87. The molecule has 0 aliphatic heterocycles. The van der Waals surface area contributed by atoms with E-state index >= 15 is 0 Å². The highest BCUT2D eigenvalue weighted by atomic mass is 32.1. The van der Waals surface area contributed by atoms with E-state index in [2.05, 4.69) is 57.6 Å². The first-order valence-electron chi connectivity index (χ1n) is 8.19. The van der Waals surface area contributed by atoms with E-state index in [9.17, 15) is 0 Å². The molecule has 0 unspecified atom stereocenters. The van der Waals surface area contributed by atoms with Gasteiger partial charge in [0.25, 0.3) is 0 Å². The Morgan fingerprint density at radius 2 is 1.77 bits per heavy atom. The topological polar surface area (TPSA) is 60.7 Å². The summed E-state index contributed by atoms with van der Waals surface area (Å²) in [5.74, 6) is 0.792. The number of nitrogens with one attached hydrogen (secondary N) is 2. The molecule has 0 radical (unpaired) electrons. The van der Waals surface area contributed by atoms with E-state index in [1.54, 1.807) is 23.5 Å². The maximum Gasteiger partial charge on any atom is 0.138 e. The fourth-order valence-corrected chi connectivity index (χ4v) is 3.46. The maximum absolute atomic E-state index is 8.93. The molecular formula is C21H16N4S. The molecule has 4 nitrogen and oxygen atoms in total. The van der Waals surface area contributed by atoms with E-state index in [0.717, 1.165) is 33.7 Å². The van der Waals surface area contributed by atoms with Crippen LogP contribution in [-0.2, 0) is 0 Å². The Labute approximate surface area is 155 Å². The molecule has 0 aliphatic rings. The number of benzene rings is 2. The van der Waals surface area contributed by atoms with Gasteiger partial charge in [-0.25, -0.2) is 4.98 Å². The highest BCUT2D eigenvalue weighted by Crippen LogP contribution is 2.34. The van der Waals surface area contributed by atoms with Gasteiger partial charge in [0.2, 0.25) is 0 Å². The van der Waals surface area contributed by atoms with Gasteiger partial charge in [-0.15, -0.1) is 0 Å². The molecule has 0 saturated carbocycles. The molecule has 0 atom stereocenters. The average molecular weight is 356 g/mol. The zero-order chi connectivity index (χ0) is 17.9. The monoisotopic (exact) mass is 356 g/mol. The second-order valence-corrected chi connectivity index (χ2v) is 6.74. The van der Waals surface area contributed by atoms with E-state index in [4.69, 9.17) is 5.26 Å². The maximum atomic E-state index is 8.93. The predicted molar refractivity (Wildman–Crippen MR) is 109 cm³/mol. The Morgan fingerprint density at radius 1 is 0.923 bits per heavy atom. The van der Waals surface area contributed by atoms with Crippen LogP contribution in [0.3, 0.4) is 0 Å². The van der Waals surface area contributed by atoms with Gasteiger partial charge in [0.1, 0.15) is 5.82 Å². The number of pyridine rings is 1. The van der Waals surface area contributed by atoms with Gasteiger partial charge in [-0.3, -0.25) is 0 Å². The van der Waals surface area contributed by atoms with Crippen LogP contribution in [0.4, 0.5) is 22.9 Å². The van der Waals surface area contributed by atoms with Crippen molar-refractivity contribution in [2.45, 2.75) is 6.92 Å². The third-order valence-corrected chi connectivity index (χ3v) is 4.90. The van der Waals surface area contributed by atoms with E-state index in [-0.39, 0.29) is 0 Å². The van der Waals surface area contributed by atoms with Crippen molar-refractivity contribution in [2.75, 3.05) is 10.6 Å². The summed E-state index contributed by atoms with van der Waals surface area (Å²) >= 11 is 1.67. The summed E-state index contributed by atoms with van der Waals surface area (Å²) in [4.78, 5) is 4.51. The van der Waals surface area contributed by atoms with Crippen LogP contribution in [0, 0.1) is 18.3 Å². The van der Waals surface area contributed by atoms with Gasteiger partial charge in [-0.05, 0) is 54.3 Å². The van der Waals surface area contributed by atoms with Gasteiger partial charge in [0, 0.05) is 39.4 Å². The minimum absolute atomic E-state index is 0.638. The molecule has 0 spiro atoms. The van der Waals surface area contributed by atoms with Gasteiger partial charge < -0.3 is 10.6 Å². The van der Waals surface area contributed by atoms with Gasteiger partial charge in [-0.2, -0.15) is 16.6 Å². The van der Waals surface area contributed by atoms with Crippen LogP contribution >= 0.6 is 11.3 Å². The van der Waals surface area contributed by atoms with Crippen LogP contribution in [0.25, 0.3) is 10.8 Å². The molecule has 2 aromatic heterocycles. The molecule has 5 heteroatoms. The normalized spacial score (nSPS) is 10.5. The van der Waals surface area contributed by atoms with Crippen LogP contribution in [0.2, 0.25) is 0 Å². The average Bonchev–Trinajstić information content (AvgIpc) is 3.18. The second kappa shape index (κ2) is 6.87. The molecule has 4 aromatic rings. The molecule has 0 aliphatic carbocycles. The summed E-state index contributed by atoms with van der Waals surface area (Å²) in [6.45, 7) is 2.10.